The number of nitrogens with zero attached hydrogens (tertiary/aromatic N) is 2. The van der Waals surface area contributed by atoms with E-state index in [0.29, 0.717) is 31.3 Å². The molecule has 1 aromatic heterocycles. The number of carbonyl (C=O) groups excluding carboxylic acids is 2. The number of ether oxygens (including phenoxy) is 1. The number of benzene rings is 1. The molecular weight excluding hydrogens is 368 g/mol. The molecule has 2 amide bonds. The summed E-state index contributed by atoms with van der Waals surface area (Å²) in [6.45, 7) is 7.61. The van der Waals surface area contributed by atoms with E-state index in [0.717, 1.165) is 23.8 Å². The van der Waals surface area contributed by atoms with Gasteiger partial charge in [-0.2, -0.15) is 0 Å². The van der Waals surface area contributed by atoms with Gasteiger partial charge in [0.2, 0.25) is 5.91 Å². The molecule has 1 aliphatic heterocycles. The molecule has 0 spiro atoms. The van der Waals surface area contributed by atoms with Crippen LogP contribution < -0.4 is 0 Å². The Balaban J connectivity index is 1.47. The maximum atomic E-state index is 12.5. The maximum Gasteiger partial charge on any atom is 0.410 e. The summed E-state index contributed by atoms with van der Waals surface area (Å²) in [6, 6.07) is 9.71. The fraction of sp³-hybridized carbons (Fsp3) is 0.478. The van der Waals surface area contributed by atoms with E-state index in [2.05, 4.69) is 0 Å². The van der Waals surface area contributed by atoms with Gasteiger partial charge in [0.25, 0.3) is 0 Å². The van der Waals surface area contributed by atoms with Gasteiger partial charge in [0.05, 0.1) is 0 Å². The normalized spacial score (nSPS) is 15.8. The first kappa shape index (κ1) is 21.0. The van der Waals surface area contributed by atoms with E-state index in [1.807, 2.05) is 56.0 Å². The Bertz CT molecular complexity index is 853. The molecule has 1 saturated heterocycles. The van der Waals surface area contributed by atoms with E-state index in [1.165, 1.54) is 0 Å². The molecule has 1 fully saturated rings. The number of hydrogen-bond acceptors (Lipinski definition) is 4. The van der Waals surface area contributed by atoms with E-state index in [9.17, 15) is 9.59 Å². The topological polar surface area (TPSA) is 63.0 Å². The second kappa shape index (κ2) is 8.72. The van der Waals surface area contributed by atoms with Crippen LogP contribution in [0.4, 0.5) is 4.79 Å². The molecule has 2 aromatic rings. The van der Waals surface area contributed by atoms with Crippen molar-refractivity contribution in [1.82, 2.24) is 9.80 Å². The lowest BCUT2D eigenvalue weighted by Crippen LogP contribution is -2.42. The molecular formula is C23H30N2O4. The molecule has 156 valence electrons. The lowest BCUT2D eigenvalue weighted by Gasteiger charge is -2.34. The maximum absolute atomic E-state index is 12.5. The van der Waals surface area contributed by atoms with Crippen molar-refractivity contribution >= 4 is 29.0 Å². The highest BCUT2D eigenvalue weighted by Crippen LogP contribution is 2.21. The summed E-state index contributed by atoms with van der Waals surface area (Å²) in [5.74, 6) is 1.04. The molecule has 0 bridgehead atoms. The van der Waals surface area contributed by atoms with Crippen molar-refractivity contribution in [2.45, 2.75) is 39.2 Å². The highest BCUT2D eigenvalue weighted by atomic mass is 16.6. The zero-order chi connectivity index (χ0) is 21.0. The Hall–Kier alpha value is -2.76. The third-order valence-corrected chi connectivity index (χ3v) is 5.00. The molecule has 6 heteroatoms. The first-order chi connectivity index (χ1) is 13.7. The fourth-order valence-corrected chi connectivity index (χ4v) is 3.48. The number of hydrogen-bond donors (Lipinski definition) is 0. The van der Waals surface area contributed by atoms with Crippen LogP contribution in [0.2, 0.25) is 0 Å². The zero-order valence-electron chi connectivity index (χ0n) is 17.7. The van der Waals surface area contributed by atoms with E-state index in [4.69, 9.17) is 9.15 Å². The van der Waals surface area contributed by atoms with Gasteiger partial charge in [-0.1, -0.05) is 18.2 Å². The highest BCUT2D eigenvalue weighted by Gasteiger charge is 2.26. The molecule has 29 heavy (non-hydrogen) atoms. The van der Waals surface area contributed by atoms with Gasteiger partial charge in [0, 0.05) is 38.1 Å². The number of furan rings is 1. The third-order valence-electron chi connectivity index (χ3n) is 5.00. The predicted octanol–water partition coefficient (Wildman–Crippen LogP) is 4.55. The van der Waals surface area contributed by atoms with Gasteiger partial charge in [0.15, 0.2) is 0 Å². The SMILES string of the molecule is CN(CC1CCN(C(=O)/C=C/c2cc3ccccc3o2)CC1)C(=O)OC(C)(C)C. The minimum atomic E-state index is -0.493. The average Bonchev–Trinajstić information content (AvgIpc) is 3.08. The Morgan fingerprint density at radius 2 is 1.93 bits per heavy atom. The molecule has 2 heterocycles. The van der Waals surface area contributed by atoms with E-state index in [-0.39, 0.29) is 12.0 Å². The van der Waals surface area contributed by atoms with Gasteiger partial charge < -0.3 is 19.0 Å². The van der Waals surface area contributed by atoms with Crippen LogP contribution in [0.25, 0.3) is 17.0 Å². The van der Waals surface area contributed by atoms with Gasteiger partial charge in [-0.25, -0.2) is 4.79 Å². The molecule has 0 radical (unpaired) electrons. The van der Waals surface area contributed by atoms with Crippen LogP contribution in [0.15, 0.2) is 40.8 Å². The standard InChI is InChI=1S/C23H30N2O4/c1-23(2,3)29-22(27)24(4)16-17-11-13-25(14-12-17)21(26)10-9-19-15-18-7-5-6-8-20(18)28-19/h5-10,15,17H,11-14,16H2,1-4H3/b10-9+. The Kier molecular flexibility index (Phi) is 6.30. The van der Waals surface area contributed by atoms with Crippen LogP contribution >= 0.6 is 0 Å². The average molecular weight is 399 g/mol. The first-order valence-electron chi connectivity index (χ1n) is 10.1. The molecule has 0 atom stereocenters. The van der Waals surface area contributed by atoms with Crippen molar-refractivity contribution in [2.75, 3.05) is 26.7 Å². The Morgan fingerprint density at radius 3 is 2.59 bits per heavy atom. The van der Waals surface area contributed by atoms with Crippen LogP contribution in [0.5, 0.6) is 0 Å². The highest BCUT2D eigenvalue weighted by molar-refractivity contribution is 5.92. The monoisotopic (exact) mass is 398 g/mol. The number of para-hydroxylation sites is 1. The lowest BCUT2D eigenvalue weighted by molar-refractivity contribution is -0.127. The van der Waals surface area contributed by atoms with Crippen molar-refractivity contribution in [1.29, 1.82) is 0 Å². The largest absolute Gasteiger partial charge is 0.457 e. The number of rotatable bonds is 4. The van der Waals surface area contributed by atoms with Gasteiger partial charge in [-0.05, 0) is 57.7 Å². The molecule has 0 saturated carbocycles. The molecule has 1 aliphatic rings. The first-order valence-corrected chi connectivity index (χ1v) is 10.1. The number of carbonyl (C=O) groups is 2. The third kappa shape index (κ3) is 5.86. The summed E-state index contributed by atoms with van der Waals surface area (Å²) in [6.07, 6.45) is 4.74. The minimum absolute atomic E-state index is 0.00981. The second-order valence-corrected chi connectivity index (χ2v) is 8.65. The second-order valence-electron chi connectivity index (χ2n) is 8.65. The number of likely N-dealkylation sites (tertiary alicyclic amines) is 1. The quantitative estimate of drug-likeness (QED) is 0.709. The van der Waals surface area contributed by atoms with Gasteiger partial charge >= 0.3 is 6.09 Å². The molecule has 0 N–H and O–H groups in total. The van der Waals surface area contributed by atoms with Crippen molar-refractivity contribution in [2.24, 2.45) is 5.92 Å². The zero-order valence-corrected chi connectivity index (χ0v) is 17.7. The minimum Gasteiger partial charge on any atom is -0.457 e. The van der Waals surface area contributed by atoms with Crippen LogP contribution in [0.1, 0.15) is 39.4 Å². The lowest BCUT2D eigenvalue weighted by atomic mass is 9.96. The van der Waals surface area contributed by atoms with Crippen LogP contribution in [-0.4, -0.2) is 54.1 Å². The van der Waals surface area contributed by atoms with Crippen LogP contribution in [0, 0.1) is 5.92 Å². The summed E-state index contributed by atoms with van der Waals surface area (Å²) in [5, 5.41) is 1.02. The summed E-state index contributed by atoms with van der Waals surface area (Å²) >= 11 is 0. The van der Waals surface area contributed by atoms with E-state index in [1.54, 1.807) is 24.1 Å². The van der Waals surface area contributed by atoms with Gasteiger partial charge in [0.1, 0.15) is 16.9 Å². The van der Waals surface area contributed by atoms with E-state index >= 15 is 0 Å². The van der Waals surface area contributed by atoms with Crippen molar-refractivity contribution in [3.63, 3.8) is 0 Å². The van der Waals surface area contributed by atoms with Crippen molar-refractivity contribution < 1.29 is 18.7 Å². The number of amides is 2. The van der Waals surface area contributed by atoms with Crippen molar-refractivity contribution in [3.8, 4) is 0 Å². The Morgan fingerprint density at radius 1 is 1.24 bits per heavy atom. The molecule has 1 aromatic carbocycles. The molecule has 6 nitrogen and oxygen atoms in total. The molecule has 0 unspecified atom stereocenters. The van der Waals surface area contributed by atoms with Crippen molar-refractivity contribution in [3.05, 3.63) is 42.2 Å². The fourth-order valence-electron chi connectivity index (χ4n) is 3.48. The summed E-state index contributed by atoms with van der Waals surface area (Å²) in [7, 11) is 1.77. The molecule has 0 aliphatic carbocycles. The molecule has 3 rings (SSSR count). The van der Waals surface area contributed by atoms with E-state index < -0.39 is 5.60 Å². The number of piperidine rings is 1. The van der Waals surface area contributed by atoms with Gasteiger partial charge in [-0.3, -0.25) is 4.79 Å². The summed E-state index contributed by atoms with van der Waals surface area (Å²) < 4.78 is 11.1. The number of fused-ring (bicyclic) bond motifs is 1. The Labute approximate surface area is 172 Å². The predicted molar refractivity (Wildman–Crippen MR) is 113 cm³/mol. The smallest absolute Gasteiger partial charge is 0.410 e. The van der Waals surface area contributed by atoms with Crippen LogP contribution in [0.3, 0.4) is 0 Å². The summed E-state index contributed by atoms with van der Waals surface area (Å²) in [5.41, 5.74) is 0.322. The van der Waals surface area contributed by atoms with Crippen LogP contribution in [-0.2, 0) is 9.53 Å². The van der Waals surface area contributed by atoms with Gasteiger partial charge in [-0.15, -0.1) is 0 Å². The summed E-state index contributed by atoms with van der Waals surface area (Å²) in [4.78, 5) is 28.1.